The van der Waals surface area contributed by atoms with Crippen LogP contribution in [-0.2, 0) is 4.79 Å². The van der Waals surface area contributed by atoms with E-state index < -0.39 is 0 Å². The first-order valence-electron chi connectivity index (χ1n) is 4.78. The van der Waals surface area contributed by atoms with E-state index in [1.54, 1.807) is 12.1 Å². The Bertz CT molecular complexity index is 396. The maximum atomic E-state index is 12.7. The molecule has 1 fully saturated rings. The number of hydrogen-bond acceptors (Lipinski definition) is 3. The molecular weight excluding hydrogens is 195 g/mol. The third kappa shape index (κ3) is 2.17. The first kappa shape index (κ1) is 9.74. The molecule has 1 aliphatic rings. The summed E-state index contributed by atoms with van der Waals surface area (Å²) in [6.45, 7) is 2.02. The van der Waals surface area contributed by atoms with Gasteiger partial charge in [-0.3, -0.25) is 0 Å². The van der Waals surface area contributed by atoms with Crippen molar-refractivity contribution in [3.8, 4) is 0 Å². The Balaban J connectivity index is 2.16. The van der Waals surface area contributed by atoms with Crippen molar-refractivity contribution in [1.29, 1.82) is 0 Å². The highest BCUT2D eigenvalue weighted by atomic mass is 19.1. The molecular formula is C11H11FN2O. The van der Waals surface area contributed by atoms with Gasteiger partial charge in [-0.2, -0.15) is 0 Å². The Hall–Kier alpha value is -1.80. The average molecular weight is 206 g/mol. The zero-order valence-electron chi connectivity index (χ0n) is 8.16. The van der Waals surface area contributed by atoms with Crippen LogP contribution >= 0.6 is 0 Å². The number of piperazine rings is 1. The van der Waals surface area contributed by atoms with Gasteiger partial charge in [0.1, 0.15) is 17.5 Å². The molecule has 1 heterocycles. The largest absolute Gasteiger partial charge is 0.376 e. The predicted octanol–water partition coefficient (Wildman–Crippen LogP) is 0.951. The molecule has 1 aromatic carbocycles. The number of hydrogen-bond donors (Lipinski definition) is 1. The van der Waals surface area contributed by atoms with E-state index in [4.69, 9.17) is 0 Å². The standard InChI is InChI=1S/C11H11FN2O/c12-9-1-3-11(4-2-9)14-6-5-13-10(7-14)8-15/h1-4,13H,5-7H2. The smallest absolute Gasteiger partial charge is 0.147 e. The van der Waals surface area contributed by atoms with Gasteiger partial charge in [-0.1, -0.05) is 0 Å². The van der Waals surface area contributed by atoms with E-state index in [1.807, 2.05) is 10.8 Å². The Morgan fingerprint density at radius 2 is 2.07 bits per heavy atom. The number of benzene rings is 1. The fourth-order valence-corrected chi connectivity index (χ4v) is 1.61. The molecule has 0 aliphatic carbocycles. The van der Waals surface area contributed by atoms with Crippen LogP contribution in [0.4, 0.5) is 10.1 Å². The molecule has 0 unspecified atom stereocenters. The predicted molar refractivity (Wildman–Crippen MR) is 55.8 cm³/mol. The second-order valence-electron chi connectivity index (χ2n) is 3.41. The van der Waals surface area contributed by atoms with Crippen LogP contribution in [0.1, 0.15) is 0 Å². The van der Waals surface area contributed by atoms with Gasteiger partial charge in [0.05, 0.1) is 6.54 Å². The summed E-state index contributed by atoms with van der Waals surface area (Å²) in [5.41, 5.74) is 1.47. The molecule has 0 atom stereocenters. The topological polar surface area (TPSA) is 32.3 Å². The summed E-state index contributed by atoms with van der Waals surface area (Å²) < 4.78 is 12.7. The quantitative estimate of drug-likeness (QED) is 0.694. The molecule has 0 aromatic heterocycles. The van der Waals surface area contributed by atoms with Crippen LogP contribution < -0.4 is 10.2 Å². The number of anilines is 1. The van der Waals surface area contributed by atoms with Crippen LogP contribution in [0.15, 0.2) is 30.0 Å². The van der Waals surface area contributed by atoms with E-state index >= 15 is 0 Å². The minimum absolute atomic E-state index is 0.250. The van der Waals surface area contributed by atoms with E-state index in [9.17, 15) is 9.18 Å². The van der Waals surface area contributed by atoms with Gasteiger partial charge in [0.2, 0.25) is 0 Å². The number of halogens is 1. The Labute approximate surface area is 87.2 Å². The molecule has 2 rings (SSSR count). The molecule has 1 aliphatic heterocycles. The van der Waals surface area contributed by atoms with Gasteiger partial charge >= 0.3 is 0 Å². The molecule has 15 heavy (non-hydrogen) atoms. The molecule has 1 N–H and O–H groups in total. The van der Waals surface area contributed by atoms with Gasteiger partial charge in [-0.25, -0.2) is 9.18 Å². The third-order valence-corrected chi connectivity index (χ3v) is 2.38. The van der Waals surface area contributed by atoms with Crippen LogP contribution in [0.25, 0.3) is 0 Å². The van der Waals surface area contributed by atoms with Crippen molar-refractivity contribution in [1.82, 2.24) is 5.32 Å². The molecule has 0 bridgehead atoms. The Morgan fingerprint density at radius 3 is 2.73 bits per heavy atom. The summed E-state index contributed by atoms with van der Waals surface area (Å²) in [6, 6.07) is 6.26. The lowest BCUT2D eigenvalue weighted by Crippen LogP contribution is -2.42. The summed E-state index contributed by atoms with van der Waals surface area (Å²) in [7, 11) is 0. The van der Waals surface area contributed by atoms with E-state index in [0.29, 0.717) is 18.8 Å². The van der Waals surface area contributed by atoms with Crippen molar-refractivity contribution in [2.45, 2.75) is 0 Å². The van der Waals surface area contributed by atoms with E-state index in [2.05, 4.69) is 5.32 Å². The van der Waals surface area contributed by atoms with Crippen LogP contribution in [0, 0.1) is 5.82 Å². The van der Waals surface area contributed by atoms with Crippen LogP contribution in [0.3, 0.4) is 0 Å². The summed E-state index contributed by atoms with van der Waals surface area (Å²) in [6.07, 6.45) is 0. The van der Waals surface area contributed by atoms with Crippen molar-refractivity contribution in [2.24, 2.45) is 0 Å². The zero-order chi connectivity index (χ0) is 10.7. The van der Waals surface area contributed by atoms with E-state index in [1.165, 1.54) is 12.1 Å². The molecule has 1 saturated heterocycles. The summed E-state index contributed by atoms with van der Waals surface area (Å²) in [4.78, 5) is 12.5. The molecule has 0 saturated carbocycles. The Kier molecular flexibility index (Phi) is 2.70. The number of nitrogens with zero attached hydrogens (tertiary/aromatic N) is 1. The summed E-state index contributed by atoms with van der Waals surface area (Å²) >= 11 is 0. The highest BCUT2D eigenvalue weighted by Crippen LogP contribution is 2.16. The van der Waals surface area contributed by atoms with Crippen molar-refractivity contribution < 1.29 is 9.18 Å². The van der Waals surface area contributed by atoms with E-state index in [-0.39, 0.29) is 5.82 Å². The van der Waals surface area contributed by atoms with Crippen LogP contribution in [0.5, 0.6) is 0 Å². The van der Waals surface area contributed by atoms with Crippen molar-refractivity contribution in [3.63, 3.8) is 0 Å². The van der Waals surface area contributed by atoms with Gasteiger partial charge in [0.25, 0.3) is 0 Å². The fraction of sp³-hybridized carbons (Fsp3) is 0.273. The normalized spacial score (nSPS) is 15.8. The van der Waals surface area contributed by atoms with Gasteiger partial charge < -0.3 is 10.2 Å². The lowest BCUT2D eigenvalue weighted by molar-refractivity contribution is 0.559. The summed E-state index contributed by atoms with van der Waals surface area (Å²) in [5, 5.41) is 2.96. The maximum Gasteiger partial charge on any atom is 0.147 e. The van der Waals surface area contributed by atoms with Crippen molar-refractivity contribution >= 4 is 11.6 Å². The maximum absolute atomic E-state index is 12.7. The number of nitrogens with one attached hydrogen (secondary N) is 1. The number of carbonyl (C=O) groups excluding carboxylic acids is 1. The van der Waals surface area contributed by atoms with Gasteiger partial charge in [0.15, 0.2) is 0 Å². The minimum atomic E-state index is -0.250. The average Bonchev–Trinajstić information content (AvgIpc) is 2.30. The third-order valence-electron chi connectivity index (χ3n) is 2.38. The first-order chi connectivity index (χ1) is 7.29. The molecule has 3 nitrogen and oxygen atoms in total. The van der Waals surface area contributed by atoms with Crippen molar-refractivity contribution in [2.75, 3.05) is 24.5 Å². The SMILES string of the molecule is O=C=C1CN(c2ccc(F)cc2)CCN1. The number of rotatable bonds is 1. The van der Waals surface area contributed by atoms with Crippen molar-refractivity contribution in [3.05, 3.63) is 35.8 Å². The zero-order valence-corrected chi connectivity index (χ0v) is 8.16. The minimum Gasteiger partial charge on any atom is -0.376 e. The van der Waals surface area contributed by atoms with Gasteiger partial charge in [-0.15, -0.1) is 0 Å². The van der Waals surface area contributed by atoms with Crippen LogP contribution in [-0.4, -0.2) is 25.6 Å². The van der Waals surface area contributed by atoms with Crippen LogP contribution in [0.2, 0.25) is 0 Å². The Morgan fingerprint density at radius 1 is 1.33 bits per heavy atom. The molecule has 1 aromatic rings. The highest BCUT2D eigenvalue weighted by molar-refractivity contribution is 5.57. The molecule has 0 spiro atoms. The lowest BCUT2D eigenvalue weighted by Gasteiger charge is -2.30. The second-order valence-corrected chi connectivity index (χ2v) is 3.41. The molecule has 0 radical (unpaired) electrons. The molecule has 4 heteroatoms. The first-order valence-corrected chi connectivity index (χ1v) is 4.78. The lowest BCUT2D eigenvalue weighted by atomic mass is 10.2. The van der Waals surface area contributed by atoms with Gasteiger partial charge in [0, 0.05) is 18.8 Å². The molecule has 78 valence electrons. The van der Waals surface area contributed by atoms with Gasteiger partial charge in [-0.05, 0) is 24.3 Å². The fourth-order valence-electron chi connectivity index (χ4n) is 1.61. The monoisotopic (exact) mass is 206 g/mol. The highest BCUT2D eigenvalue weighted by Gasteiger charge is 2.14. The second kappa shape index (κ2) is 4.15. The van der Waals surface area contributed by atoms with E-state index in [0.717, 1.165) is 12.2 Å². The molecule has 0 amide bonds. The summed E-state index contributed by atoms with van der Waals surface area (Å²) in [5.74, 6) is 1.60.